The van der Waals surface area contributed by atoms with E-state index in [1.54, 1.807) is 22.2 Å². The number of cyclic esters (lactones) is 1. The molecule has 3 unspecified atom stereocenters. The molecule has 3 fully saturated rings. The number of hydrogen-bond acceptors (Lipinski definition) is 9. The number of aromatic nitrogens is 1. The van der Waals surface area contributed by atoms with Gasteiger partial charge in [0.25, 0.3) is 0 Å². The number of hydrogen-bond donors (Lipinski definition) is 4. The lowest BCUT2D eigenvalue weighted by Gasteiger charge is -2.20. The van der Waals surface area contributed by atoms with E-state index in [-0.39, 0.29) is 12.2 Å². The van der Waals surface area contributed by atoms with Crippen LogP contribution in [-0.2, 0) is 4.74 Å². The van der Waals surface area contributed by atoms with Crippen molar-refractivity contribution in [3.8, 4) is 17.2 Å². The van der Waals surface area contributed by atoms with Crippen LogP contribution in [0.5, 0.6) is 0 Å². The second-order valence-electron chi connectivity index (χ2n) is 9.64. The number of fused-ring (bicyclic) bond motifs is 1. The van der Waals surface area contributed by atoms with Crippen LogP contribution in [0.1, 0.15) is 0 Å². The quantitative estimate of drug-likeness (QED) is 0.199. The molecule has 1 aromatic carbocycles. The number of likely N-dealkylation sites (tertiary alicyclic amines) is 1. The van der Waals surface area contributed by atoms with Crippen LogP contribution in [0.4, 0.5) is 10.5 Å². The van der Waals surface area contributed by atoms with Crippen molar-refractivity contribution in [2.75, 3.05) is 44.2 Å². The Labute approximate surface area is 230 Å². The van der Waals surface area contributed by atoms with Gasteiger partial charge in [0.1, 0.15) is 6.10 Å². The number of amides is 1. The second kappa shape index (κ2) is 13.2. The highest BCUT2D eigenvalue weighted by molar-refractivity contribution is 7.28. The van der Waals surface area contributed by atoms with E-state index >= 15 is 0 Å². The van der Waals surface area contributed by atoms with Crippen LogP contribution in [0.15, 0.2) is 55.1 Å². The van der Waals surface area contributed by atoms with Gasteiger partial charge in [-0.25, -0.2) is 4.79 Å². The molecule has 2 aliphatic heterocycles. The van der Waals surface area contributed by atoms with Gasteiger partial charge in [0.15, 0.2) is 0 Å². The van der Waals surface area contributed by atoms with E-state index in [0.29, 0.717) is 37.4 Å². The molecule has 1 aliphatic carbocycles. The maximum Gasteiger partial charge on any atom is 0.414 e. The number of benzene rings is 1. The molecule has 3 heterocycles. The predicted octanol–water partition coefficient (Wildman–Crippen LogP) is 1.80. The zero-order chi connectivity index (χ0) is 27.8. The lowest BCUT2D eigenvalue weighted by Crippen LogP contribution is -2.34. The Hall–Kier alpha value is -4.00. The first kappa shape index (κ1) is 28.0. The summed E-state index contributed by atoms with van der Waals surface area (Å²) >= 11 is 0. The fraction of sp³-hybridized carbons (Fsp3) is 0.370. The molecule has 1 amide bonds. The van der Waals surface area contributed by atoms with Crippen LogP contribution >= 0.6 is 9.24 Å². The number of rotatable bonds is 10. The zero-order valence-electron chi connectivity index (χ0n) is 21.6. The number of ether oxygens (including phenoxy) is 1. The van der Waals surface area contributed by atoms with Gasteiger partial charge >= 0.3 is 6.09 Å². The number of carbonyl (C=O) groups excluding carboxylic acids is 1. The Balaban J connectivity index is 0.000000202. The molecule has 39 heavy (non-hydrogen) atoms. The van der Waals surface area contributed by atoms with Gasteiger partial charge in [-0.15, -0.1) is 9.24 Å². The Morgan fingerprint density at radius 2 is 2.03 bits per heavy atom. The molecule has 204 valence electrons. The van der Waals surface area contributed by atoms with Crippen LogP contribution in [-0.4, -0.2) is 78.9 Å². The van der Waals surface area contributed by atoms with Crippen LogP contribution < -0.4 is 21.3 Å². The number of nitriles is 1. The molecule has 1 saturated carbocycles. The largest absolute Gasteiger partial charge is 0.442 e. The van der Waals surface area contributed by atoms with E-state index in [1.165, 1.54) is 18.9 Å². The minimum atomic E-state index is -0.336. The van der Waals surface area contributed by atoms with Crippen molar-refractivity contribution in [1.29, 1.82) is 16.1 Å². The smallest absolute Gasteiger partial charge is 0.414 e. The van der Waals surface area contributed by atoms with Gasteiger partial charge in [-0.05, 0) is 40.9 Å². The topological polar surface area (TPSA) is 158 Å². The molecule has 5 rings (SSSR count). The van der Waals surface area contributed by atoms with Crippen molar-refractivity contribution < 1.29 is 9.53 Å². The maximum atomic E-state index is 12.1. The summed E-state index contributed by atoms with van der Waals surface area (Å²) in [5, 5.41) is 26.8. The van der Waals surface area contributed by atoms with Gasteiger partial charge in [-0.1, -0.05) is 12.1 Å². The van der Waals surface area contributed by atoms with Crippen molar-refractivity contribution in [3.63, 3.8) is 0 Å². The molecule has 5 N–H and O–H groups in total. The van der Waals surface area contributed by atoms with Crippen molar-refractivity contribution in [2.45, 2.75) is 6.10 Å². The SMILES string of the molecule is N#CC1[C@H]2CN(CCN(C=N)C=N)C[C@@H]12.N/C=C\NCC1CN(c2ccc(-c3cccnc3)c(P)c2)C(=O)O1. The van der Waals surface area contributed by atoms with Gasteiger partial charge in [-0.3, -0.25) is 20.7 Å². The maximum absolute atomic E-state index is 12.1. The molecule has 0 radical (unpaired) electrons. The number of pyridine rings is 1. The predicted molar refractivity (Wildman–Crippen MR) is 155 cm³/mol. The van der Waals surface area contributed by atoms with Crippen molar-refractivity contribution in [3.05, 3.63) is 55.1 Å². The Morgan fingerprint density at radius 3 is 2.64 bits per heavy atom. The molecule has 2 aromatic rings. The molecular weight excluding hydrogens is 513 g/mol. The molecule has 2 saturated heterocycles. The lowest BCUT2D eigenvalue weighted by atomic mass is 10.1. The van der Waals surface area contributed by atoms with E-state index in [0.717, 1.165) is 41.8 Å². The summed E-state index contributed by atoms with van der Waals surface area (Å²) in [7, 11) is 2.71. The first-order valence-corrected chi connectivity index (χ1v) is 13.3. The molecule has 1 aromatic heterocycles. The fourth-order valence-corrected chi connectivity index (χ4v) is 5.45. The van der Waals surface area contributed by atoms with Gasteiger partial charge in [-0.2, -0.15) is 5.26 Å². The first-order chi connectivity index (χ1) is 19.0. The summed E-state index contributed by atoms with van der Waals surface area (Å²) in [6, 6.07) is 12.1. The molecule has 11 nitrogen and oxygen atoms in total. The monoisotopic (exact) mass is 547 g/mol. The minimum Gasteiger partial charge on any atom is -0.442 e. The summed E-state index contributed by atoms with van der Waals surface area (Å²) in [5.41, 5.74) is 8.19. The summed E-state index contributed by atoms with van der Waals surface area (Å²) in [6.45, 7) is 4.65. The number of carbonyl (C=O) groups is 1. The molecule has 5 atom stereocenters. The van der Waals surface area contributed by atoms with E-state index in [9.17, 15) is 4.79 Å². The average molecular weight is 548 g/mol. The van der Waals surface area contributed by atoms with Gasteiger partial charge < -0.3 is 25.6 Å². The molecule has 3 aliphatic rings. The van der Waals surface area contributed by atoms with Crippen LogP contribution in [0.25, 0.3) is 11.1 Å². The van der Waals surface area contributed by atoms with Gasteiger partial charge in [0, 0.05) is 62.2 Å². The number of nitrogens with one attached hydrogen (secondary N) is 3. The Morgan fingerprint density at radius 1 is 1.26 bits per heavy atom. The number of nitrogens with two attached hydrogens (primary N) is 1. The molecule has 0 spiro atoms. The number of anilines is 1. The average Bonchev–Trinajstić information content (AvgIpc) is 3.22. The standard InChI is InChI=1S/C17H19N4O2P.C10H15N5/c18-5-7-20-10-14-11-21(17(22)23-14)13-3-4-15(16(24)8-13)12-2-1-6-19-9-12;11-3-8-9-4-14(5-10(8)9)1-2-15(6-12)7-13/h1-9,14,20H,10-11,18,24H2;6-10,12-13H,1-2,4-5H2/b7-5-;/t;8?,9-,10+. The minimum absolute atomic E-state index is 0.209. The summed E-state index contributed by atoms with van der Waals surface area (Å²) in [4.78, 5) is 21.8. The summed E-state index contributed by atoms with van der Waals surface area (Å²) in [6.07, 6.45) is 8.39. The van der Waals surface area contributed by atoms with E-state index in [4.69, 9.17) is 26.6 Å². The lowest BCUT2D eigenvalue weighted by molar-refractivity contribution is 0.142. The zero-order valence-corrected chi connectivity index (χ0v) is 22.8. The highest BCUT2D eigenvalue weighted by Crippen LogP contribution is 2.50. The van der Waals surface area contributed by atoms with Crippen LogP contribution in [0, 0.1) is 39.9 Å². The van der Waals surface area contributed by atoms with Crippen molar-refractivity contribution in [2.24, 2.45) is 23.5 Å². The third-order valence-electron chi connectivity index (χ3n) is 7.18. The highest BCUT2D eigenvalue weighted by Gasteiger charge is 2.55. The fourth-order valence-electron chi connectivity index (χ4n) is 5.02. The van der Waals surface area contributed by atoms with Crippen LogP contribution in [0.3, 0.4) is 0 Å². The second-order valence-corrected chi connectivity index (χ2v) is 10.3. The van der Waals surface area contributed by atoms with Crippen LogP contribution in [0.2, 0.25) is 0 Å². The molecular formula is C27H34N9O2P. The summed E-state index contributed by atoms with van der Waals surface area (Å²) in [5.74, 6) is 1.51. The molecule has 0 bridgehead atoms. The number of nitrogens with zero attached hydrogens (tertiary/aromatic N) is 5. The van der Waals surface area contributed by atoms with Gasteiger partial charge in [0.2, 0.25) is 0 Å². The third-order valence-corrected chi connectivity index (χ3v) is 7.66. The molecule has 12 heteroatoms. The Bertz CT molecular complexity index is 1220. The number of piperidine rings is 1. The van der Waals surface area contributed by atoms with E-state index in [2.05, 4.69) is 30.5 Å². The van der Waals surface area contributed by atoms with Crippen molar-refractivity contribution >= 4 is 39.0 Å². The Kier molecular flexibility index (Phi) is 9.47. The van der Waals surface area contributed by atoms with E-state index in [1.807, 2.05) is 36.5 Å². The van der Waals surface area contributed by atoms with Crippen molar-refractivity contribution in [1.82, 2.24) is 20.1 Å². The highest BCUT2D eigenvalue weighted by atomic mass is 31.0. The van der Waals surface area contributed by atoms with E-state index < -0.39 is 0 Å². The first-order valence-electron chi connectivity index (χ1n) is 12.8. The normalized spacial score (nSPS) is 23.3. The third kappa shape index (κ3) is 6.91. The van der Waals surface area contributed by atoms with Gasteiger partial charge in [0.05, 0.1) is 37.8 Å². The summed E-state index contributed by atoms with van der Waals surface area (Å²) < 4.78 is 5.36.